The highest BCUT2D eigenvalue weighted by Gasteiger charge is 2.21. The van der Waals surface area contributed by atoms with Gasteiger partial charge in [0, 0.05) is 29.1 Å². The third-order valence-electron chi connectivity index (χ3n) is 4.07. The van der Waals surface area contributed by atoms with Gasteiger partial charge in [0.05, 0.1) is 9.95 Å². The minimum Gasteiger partial charge on any atom is -0.322 e. The molecule has 0 bridgehead atoms. The number of hydrogen-bond donors (Lipinski definition) is 2. The van der Waals surface area contributed by atoms with Crippen molar-refractivity contribution in [3.63, 3.8) is 0 Å². The van der Waals surface area contributed by atoms with Gasteiger partial charge in [-0.25, -0.2) is 8.42 Å². The molecule has 0 spiro atoms. The summed E-state index contributed by atoms with van der Waals surface area (Å²) in [4.78, 5) is 22.6. The minimum absolute atomic E-state index is 0.0236. The van der Waals surface area contributed by atoms with Gasteiger partial charge in [0.2, 0.25) is 0 Å². The molecule has 0 atom stereocenters. The van der Waals surface area contributed by atoms with Gasteiger partial charge in [-0.2, -0.15) is 0 Å². The van der Waals surface area contributed by atoms with Crippen LogP contribution >= 0.6 is 11.6 Å². The molecule has 3 aromatic rings. The maximum Gasteiger partial charge on any atom is 0.271 e. The summed E-state index contributed by atoms with van der Waals surface area (Å²) < 4.78 is 28.0. The summed E-state index contributed by atoms with van der Waals surface area (Å²) in [6, 6.07) is 16.0. The van der Waals surface area contributed by atoms with Crippen LogP contribution in [0.2, 0.25) is 5.02 Å². The number of benzene rings is 3. The summed E-state index contributed by atoms with van der Waals surface area (Å²) in [6.45, 7) is 1.82. The Morgan fingerprint density at radius 1 is 1.00 bits per heavy atom. The number of carbonyl (C=O) groups is 1. The Hall–Kier alpha value is -3.43. The van der Waals surface area contributed by atoms with Crippen molar-refractivity contribution in [2.75, 3.05) is 10.0 Å². The Kier molecular flexibility index (Phi) is 6.04. The number of rotatable bonds is 6. The molecule has 0 saturated heterocycles. The first kappa shape index (κ1) is 21.3. The van der Waals surface area contributed by atoms with E-state index in [1.165, 1.54) is 36.4 Å². The quantitative estimate of drug-likeness (QED) is 0.424. The predicted octanol–water partition coefficient (Wildman–Crippen LogP) is 4.61. The first-order valence-corrected chi connectivity index (χ1v) is 10.5. The van der Waals surface area contributed by atoms with E-state index < -0.39 is 20.9 Å². The highest BCUT2D eigenvalue weighted by Crippen LogP contribution is 2.26. The summed E-state index contributed by atoms with van der Waals surface area (Å²) in [6.07, 6.45) is 0. The van der Waals surface area contributed by atoms with Crippen LogP contribution in [0.5, 0.6) is 0 Å². The summed E-state index contributed by atoms with van der Waals surface area (Å²) in [5.74, 6) is -0.640. The van der Waals surface area contributed by atoms with Crippen molar-refractivity contribution in [3.8, 4) is 0 Å². The molecule has 0 aromatic heterocycles. The molecular weight excluding hydrogens is 430 g/mol. The van der Waals surface area contributed by atoms with Crippen molar-refractivity contribution in [1.82, 2.24) is 0 Å². The van der Waals surface area contributed by atoms with Gasteiger partial charge in [-0.3, -0.25) is 19.6 Å². The number of nitrogens with one attached hydrogen (secondary N) is 2. The third kappa shape index (κ3) is 4.94. The maximum absolute atomic E-state index is 12.8. The second-order valence-electron chi connectivity index (χ2n) is 6.38. The number of nitro groups is 1. The number of nitrogens with zero attached hydrogens (tertiary/aromatic N) is 1. The molecule has 0 saturated carbocycles. The molecule has 1 amide bonds. The average molecular weight is 446 g/mol. The number of halogens is 1. The fraction of sp³-hybridized carbons (Fsp3) is 0.0500. The summed E-state index contributed by atoms with van der Waals surface area (Å²) in [5, 5.41) is 13.3. The van der Waals surface area contributed by atoms with Crippen LogP contribution in [-0.2, 0) is 10.0 Å². The normalized spacial score (nSPS) is 11.0. The Bertz CT molecular complexity index is 1240. The number of amides is 1. The second-order valence-corrected chi connectivity index (χ2v) is 8.44. The van der Waals surface area contributed by atoms with Gasteiger partial charge in [-0.15, -0.1) is 0 Å². The number of anilines is 2. The molecule has 3 rings (SSSR count). The van der Waals surface area contributed by atoms with Gasteiger partial charge in [0.15, 0.2) is 0 Å². The van der Waals surface area contributed by atoms with E-state index in [4.69, 9.17) is 11.6 Å². The Morgan fingerprint density at radius 3 is 2.40 bits per heavy atom. The van der Waals surface area contributed by atoms with E-state index in [1.54, 1.807) is 18.2 Å². The molecule has 0 unspecified atom stereocenters. The molecule has 0 aliphatic carbocycles. The van der Waals surface area contributed by atoms with E-state index in [1.807, 2.05) is 13.0 Å². The number of non-ortho nitro benzene ring substituents is 1. The zero-order valence-corrected chi connectivity index (χ0v) is 17.2. The molecule has 0 radical (unpaired) electrons. The standard InChI is InChI=1S/C20H16ClN3O5S/c1-13-4-2-6-16(10-13)23-30(28,29)19-11-14(8-9-18(19)21)20(25)22-15-5-3-7-17(12-15)24(26)27/h2-12,23H,1H3,(H,22,25). The maximum atomic E-state index is 12.8. The van der Waals surface area contributed by atoms with Gasteiger partial charge in [-0.1, -0.05) is 29.8 Å². The Labute approximate surface area is 177 Å². The van der Waals surface area contributed by atoms with Gasteiger partial charge in [0.1, 0.15) is 4.90 Å². The second kappa shape index (κ2) is 8.52. The van der Waals surface area contributed by atoms with Gasteiger partial charge < -0.3 is 5.32 Å². The number of aryl methyl sites for hydroxylation is 1. The lowest BCUT2D eigenvalue weighted by Crippen LogP contribution is -2.16. The minimum atomic E-state index is -4.06. The lowest BCUT2D eigenvalue weighted by atomic mass is 10.2. The Balaban J connectivity index is 1.88. The van der Waals surface area contributed by atoms with Crippen LogP contribution in [-0.4, -0.2) is 19.2 Å². The van der Waals surface area contributed by atoms with Crippen LogP contribution in [0.3, 0.4) is 0 Å². The van der Waals surface area contributed by atoms with Gasteiger partial charge in [0.25, 0.3) is 21.6 Å². The SMILES string of the molecule is Cc1cccc(NS(=O)(=O)c2cc(C(=O)Nc3cccc([N+](=O)[O-])c3)ccc2Cl)c1. The first-order valence-electron chi connectivity index (χ1n) is 8.60. The van der Waals surface area contributed by atoms with E-state index in [9.17, 15) is 23.3 Å². The summed E-state index contributed by atoms with van der Waals surface area (Å²) in [5.41, 5.74) is 1.26. The van der Waals surface area contributed by atoms with Crippen LogP contribution in [0.4, 0.5) is 17.1 Å². The van der Waals surface area contributed by atoms with Crippen LogP contribution in [0.25, 0.3) is 0 Å². The highest BCUT2D eigenvalue weighted by atomic mass is 35.5. The van der Waals surface area contributed by atoms with Crippen LogP contribution < -0.4 is 10.0 Å². The zero-order valence-electron chi connectivity index (χ0n) is 15.6. The Morgan fingerprint density at radius 2 is 1.70 bits per heavy atom. The molecule has 2 N–H and O–H groups in total. The largest absolute Gasteiger partial charge is 0.322 e. The monoisotopic (exact) mass is 445 g/mol. The topological polar surface area (TPSA) is 118 Å². The smallest absolute Gasteiger partial charge is 0.271 e. The summed E-state index contributed by atoms with van der Waals surface area (Å²) in [7, 11) is -4.06. The van der Waals surface area contributed by atoms with Crippen molar-refractivity contribution in [1.29, 1.82) is 0 Å². The molecule has 0 heterocycles. The van der Waals surface area contributed by atoms with Crippen molar-refractivity contribution in [2.24, 2.45) is 0 Å². The molecule has 30 heavy (non-hydrogen) atoms. The molecule has 8 nitrogen and oxygen atoms in total. The molecule has 3 aromatic carbocycles. The average Bonchev–Trinajstić information content (AvgIpc) is 2.68. The fourth-order valence-corrected chi connectivity index (χ4v) is 4.25. The van der Waals surface area contributed by atoms with Crippen molar-refractivity contribution in [2.45, 2.75) is 11.8 Å². The zero-order chi connectivity index (χ0) is 21.9. The highest BCUT2D eigenvalue weighted by molar-refractivity contribution is 7.92. The van der Waals surface area contributed by atoms with E-state index in [2.05, 4.69) is 10.0 Å². The third-order valence-corrected chi connectivity index (χ3v) is 5.93. The lowest BCUT2D eigenvalue weighted by Gasteiger charge is -2.12. The molecular formula is C20H16ClN3O5S. The van der Waals surface area contributed by atoms with E-state index in [0.29, 0.717) is 5.69 Å². The summed E-state index contributed by atoms with van der Waals surface area (Å²) >= 11 is 6.07. The van der Waals surface area contributed by atoms with E-state index in [-0.39, 0.29) is 26.9 Å². The fourth-order valence-electron chi connectivity index (χ4n) is 2.67. The molecule has 0 fully saturated rings. The molecule has 154 valence electrons. The van der Waals surface area contributed by atoms with Crippen molar-refractivity contribution in [3.05, 3.63) is 93.0 Å². The molecule has 0 aliphatic rings. The van der Waals surface area contributed by atoms with E-state index in [0.717, 1.165) is 11.6 Å². The molecule has 0 aliphatic heterocycles. The first-order chi connectivity index (χ1) is 14.2. The number of sulfonamides is 1. The number of hydrogen-bond acceptors (Lipinski definition) is 5. The number of nitro benzene ring substituents is 1. The predicted molar refractivity (Wildman–Crippen MR) is 114 cm³/mol. The van der Waals surface area contributed by atoms with Crippen LogP contribution in [0, 0.1) is 17.0 Å². The van der Waals surface area contributed by atoms with Crippen molar-refractivity contribution >= 4 is 44.6 Å². The number of carbonyl (C=O) groups excluding carboxylic acids is 1. The van der Waals surface area contributed by atoms with E-state index >= 15 is 0 Å². The van der Waals surface area contributed by atoms with Gasteiger partial charge >= 0.3 is 0 Å². The lowest BCUT2D eigenvalue weighted by molar-refractivity contribution is -0.384. The van der Waals surface area contributed by atoms with Crippen LogP contribution in [0.15, 0.2) is 71.6 Å². The van der Waals surface area contributed by atoms with Crippen LogP contribution in [0.1, 0.15) is 15.9 Å². The van der Waals surface area contributed by atoms with Gasteiger partial charge in [-0.05, 0) is 48.9 Å². The van der Waals surface area contributed by atoms with Crippen molar-refractivity contribution < 1.29 is 18.1 Å². The molecule has 10 heteroatoms.